The molecule has 1 unspecified atom stereocenters. The van der Waals surface area contributed by atoms with Gasteiger partial charge in [-0.3, -0.25) is 14.5 Å². The van der Waals surface area contributed by atoms with Gasteiger partial charge in [-0.25, -0.2) is 4.98 Å². The van der Waals surface area contributed by atoms with Gasteiger partial charge in [0.1, 0.15) is 18.6 Å². The summed E-state index contributed by atoms with van der Waals surface area (Å²) in [5.74, 6) is 1.52. The van der Waals surface area contributed by atoms with E-state index in [1.807, 2.05) is 58.1 Å². The summed E-state index contributed by atoms with van der Waals surface area (Å²) in [6.07, 6.45) is 5.94. The maximum absolute atomic E-state index is 13.5. The number of anilines is 1. The molecule has 1 fully saturated rings. The molecule has 2 aromatic heterocycles. The van der Waals surface area contributed by atoms with Gasteiger partial charge >= 0.3 is 0 Å². The molecular weight excluding hydrogens is 665 g/mol. The van der Waals surface area contributed by atoms with E-state index in [9.17, 15) is 9.59 Å². The lowest BCUT2D eigenvalue weighted by molar-refractivity contribution is -0.133. The Morgan fingerprint density at radius 1 is 0.918 bits per heavy atom. The molecule has 0 spiro atoms. The number of rotatable bonds is 10. The van der Waals surface area contributed by atoms with Gasteiger partial charge in [0, 0.05) is 49.4 Å². The first kappa shape index (κ1) is 32.5. The predicted octanol–water partition coefficient (Wildman–Crippen LogP) is 6.99. The summed E-state index contributed by atoms with van der Waals surface area (Å²) in [6.45, 7) is 3.18. The number of fused-ring (bicyclic) bond motifs is 1. The topological polar surface area (TPSA) is 98.2 Å². The van der Waals surface area contributed by atoms with Crippen LogP contribution in [0.4, 0.5) is 5.69 Å². The highest BCUT2D eigenvalue weighted by Crippen LogP contribution is 2.31. The minimum absolute atomic E-state index is 0.0485. The van der Waals surface area contributed by atoms with Gasteiger partial charge in [0.2, 0.25) is 18.6 Å². The molecule has 4 heterocycles. The monoisotopic (exact) mass is 697 g/mol. The van der Waals surface area contributed by atoms with Crippen LogP contribution in [0.2, 0.25) is 10.0 Å². The molecule has 49 heavy (non-hydrogen) atoms. The number of pyridine rings is 1. The lowest BCUT2D eigenvalue weighted by atomic mass is 10.0. The van der Waals surface area contributed by atoms with Crippen LogP contribution in [0, 0.1) is 0 Å². The third-order valence-electron chi connectivity index (χ3n) is 8.67. The van der Waals surface area contributed by atoms with Gasteiger partial charge in [-0.1, -0.05) is 59.6 Å². The summed E-state index contributed by atoms with van der Waals surface area (Å²) in [5.41, 5.74) is 2.98. The molecular formula is C37H33Cl2N5O5. The van der Waals surface area contributed by atoms with Gasteiger partial charge in [-0.05, 0) is 54.4 Å². The van der Waals surface area contributed by atoms with Crippen LogP contribution in [0.1, 0.15) is 15.9 Å². The first-order chi connectivity index (χ1) is 23.9. The number of hydrogen-bond acceptors (Lipinski definition) is 7. The first-order valence-corrected chi connectivity index (χ1v) is 16.7. The maximum atomic E-state index is 13.5. The number of halogens is 2. The average molecular weight is 699 g/mol. The Bertz CT molecular complexity index is 1990. The Morgan fingerprint density at radius 2 is 1.76 bits per heavy atom. The van der Waals surface area contributed by atoms with Crippen LogP contribution >= 0.6 is 23.2 Å². The van der Waals surface area contributed by atoms with Crippen molar-refractivity contribution in [1.82, 2.24) is 19.4 Å². The van der Waals surface area contributed by atoms with E-state index < -0.39 is 0 Å². The number of carbonyl (C=O) groups excluding carboxylic acids is 2. The number of amides is 2. The summed E-state index contributed by atoms with van der Waals surface area (Å²) in [7, 11) is 0. The predicted molar refractivity (Wildman–Crippen MR) is 188 cm³/mol. The van der Waals surface area contributed by atoms with Crippen LogP contribution < -0.4 is 10.1 Å². The first-order valence-electron chi connectivity index (χ1n) is 15.9. The standard InChI is InChI=1S/C37H33Cl2N5O5/c38-29-11-9-26(20-30(29)39)37(46)41-27-10-12-35(40-21-27)49-33-8-4-7-31-28(33)13-14-44(31)22-36(45)43-17-15-42(16-18-43)32(34-23-47-24-48-34)19-25-5-2-1-3-6-25/h1-14,20-21,23,32H,15-19,22,24H2,(H,41,46). The molecule has 10 nitrogen and oxygen atoms in total. The number of ether oxygens (including phenoxy) is 3. The summed E-state index contributed by atoms with van der Waals surface area (Å²) >= 11 is 12.0. The number of nitrogens with one attached hydrogen (secondary N) is 1. The molecule has 1 saturated heterocycles. The zero-order chi connectivity index (χ0) is 33.7. The summed E-state index contributed by atoms with van der Waals surface area (Å²) in [6, 6.07) is 26.1. The fraction of sp³-hybridized carbons (Fsp3) is 0.216. The molecule has 1 N–H and O–H groups in total. The number of benzene rings is 3. The molecule has 0 saturated carbocycles. The number of carbonyl (C=O) groups is 2. The molecule has 0 radical (unpaired) electrons. The molecule has 7 rings (SSSR count). The molecule has 3 aromatic carbocycles. The quantitative estimate of drug-likeness (QED) is 0.168. The van der Waals surface area contributed by atoms with Gasteiger partial charge in [0.25, 0.3) is 5.91 Å². The lowest BCUT2D eigenvalue weighted by Gasteiger charge is -2.39. The smallest absolute Gasteiger partial charge is 0.255 e. The van der Waals surface area contributed by atoms with Crippen LogP contribution in [0.5, 0.6) is 11.6 Å². The third-order valence-corrected chi connectivity index (χ3v) is 9.41. The van der Waals surface area contributed by atoms with E-state index in [-0.39, 0.29) is 31.2 Å². The van der Waals surface area contributed by atoms with E-state index >= 15 is 0 Å². The van der Waals surface area contributed by atoms with Crippen molar-refractivity contribution in [3.05, 3.63) is 131 Å². The normalized spacial score (nSPS) is 15.3. The minimum Gasteiger partial charge on any atom is -0.462 e. The third kappa shape index (κ3) is 7.51. The maximum Gasteiger partial charge on any atom is 0.255 e. The van der Waals surface area contributed by atoms with Crippen molar-refractivity contribution in [2.75, 3.05) is 38.3 Å². The van der Waals surface area contributed by atoms with Gasteiger partial charge in [0.15, 0.2) is 5.76 Å². The van der Waals surface area contributed by atoms with E-state index in [0.29, 0.717) is 46.0 Å². The Morgan fingerprint density at radius 3 is 2.49 bits per heavy atom. The van der Waals surface area contributed by atoms with Crippen LogP contribution in [-0.4, -0.2) is 70.2 Å². The van der Waals surface area contributed by atoms with E-state index in [0.717, 1.165) is 36.2 Å². The van der Waals surface area contributed by atoms with Gasteiger partial charge in [-0.15, -0.1) is 0 Å². The molecule has 250 valence electrons. The molecule has 2 aliphatic heterocycles. The highest BCUT2D eigenvalue weighted by Gasteiger charge is 2.31. The van der Waals surface area contributed by atoms with E-state index in [2.05, 4.69) is 27.3 Å². The second-order valence-electron chi connectivity index (χ2n) is 11.8. The van der Waals surface area contributed by atoms with Crippen LogP contribution in [-0.2, 0) is 27.2 Å². The van der Waals surface area contributed by atoms with E-state index in [4.69, 9.17) is 37.4 Å². The van der Waals surface area contributed by atoms with Gasteiger partial charge in [-0.2, -0.15) is 0 Å². The van der Waals surface area contributed by atoms with Crippen LogP contribution in [0.25, 0.3) is 10.9 Å². The van der Waals surface area contributed by atoms with Crippen LogP contribution in [0.3, 0.4) is 0 Å². The molecule has 0 bridgehead atoms. The highest BCUT2D eigenvalue weighted by molar-refractivity contribution is 6.42. The Kier molecular flexibility index (Phi) is 9.70. The Labute approximate surface area is 293 Å². The second-order valence-corrected chi connectivity index (χ2v) is 12.6. The number of aromatic nitrogens is 2. The SMILES string of the molecule is O=C(Nc1ccc(Oc2cccc3c2ccn3CC(=O)N2CCN(C(Cc3ccccc3)C3=COCO3)CC2)nc1)c1ccc(Cl)c(Cl)c1. The lowest BCUT2D eigenvalue weighted by Crippen LogP contribution is -2.53. The van der Waals surface area contributed by atoms with Crippen molar-refractivity contribution >= 4 is 51.6 Å². The number of nitrogens with zero attached hydrogens (tertiary/aromatic N) is 4. The fourth-order valence-corrected chi connectivity index (χ4v) is 6.39. The molecule has 0 aliphatic carbocycles. The molecule has 5 aromatic rings. The van der Waals surface area contributed by atoms with Crippen molar-refractivity contribution in [3.8, 4) is 11.6 Å². The van der Waals surface area contributed by atoms with Gasteiger partial charge < -0.3 is 29.0 Å². The zero-order valence-electron chi connectivity index (χ0n) is 26.4. The Hall–Kier alpha value is -5.03. The molecule has 12 heteroatoms. The van der Waals surface area contributed by atoms with Crippen molar-refractivity contribution in [1.29, 1.82) is 0 Å². The average Bonchev–Trinajstić information content (AvgIpc) is 3.81. The largest absolute Gasteiger partial charge is 0.462 e. The highest BCUT2D eigenvalue weighted by atomic mass is 35.5. The van der Waals surface area contributed by atoms with E-state index in [1.165, 1.54) is 17.8 Å². The van der Waals surface area contributed by atoms with Crippen molar-refractivity contribution in [2.45, 2.75) is 19.0 Å². The summed E-state index contributed by atoms with van der Waals surface area (Å²) in [5, 5.41) is 4.32. The van der Waals surface area contributed by atoms with Crippen molar-refractivity contribution in [3.63, 3.8) is 0 Å². The van der Waals surface area contributed by atoms with E-state index in [1.54, 1.807) is 30.5 Å². The molecule has 1 atom stereocenters. The molecule has 2 aliphatic rings. The van der Waals surface area contributed by atoms with Crippen molar-refractivity contribution in [2.24, 2.45) is 0 Å². The summed E-state index contributed by atoms with van der Waals surface area (Å²) < 4.78 is 19.2. The van der Waals surface area contributed by atoms with Crippen LogP contribution in [0.15, 0.2) is 109 Å². The fourth-order valence-electron chi connectivity index (χ4n) is 6.09. The van der Waals surface area contributed by atoms with Gasteiger partial charge in [0.05, 0.1) is 33.5 Å². The second kappa shape index (κ2) is 14.6. The minimum atomic E-state index is -0.338. The molecule has 2 amide bonds. The number of hydrogen-bond donors (Lipinski definition) is 1. The summed E-state index contributed by atoms with van der Waals surface area (Å²) in [4.78, 5) is 34.8. The van der Waals surface area contributed by atoms with Crippen molar-refractivity contribution < 1.29 is 23.8 Å². The Balaban J connectivity index is 0.963. The zero-order valence-corrected chi connectivity index (χ0v) is 27.9. The number of piperazine rings is 1.